The van der Waals surface area contributed by atoms with E-state index in [2.05, 4.69) is 10.6 Å². The lowest BCUT2D eigenvalue weighted by Crippen LogP contribution is -2.13. The predicted molar refractivity (Wildman–Crippen MR) is 75.8 cm³/mol. The first kappa shape index (κ1) is 15.4. The molecule has 0 aliphatic rings. The van der Waals surface area contributed by atoms with Gasteiger partial charge in [-0.2, -0.15) is 0 Å². The topological polar surface area (TPSA) is 95.5 Å². The zero-order valence-electron chi connectivity index (χ0n) is 11.5. The lowest BCUT2D eigenvalue weighted by atomic mass is 10.1. The summed E-state index contributed by atoms with van der Waals surface area (Å²) in [4.78, 5) is 33.7. The van der Waals surface area contributed by atoms with E-state index in [-0.39, 0.29) is 17.2 Å². The second-order valence-electron chi connectivity index (χ2n) is 4.46. The van der Waals surface area contributed by atoms with E-state index in [4.69, 9.17) is 5.11 Å². The van der Waals surface area contributed by atoms with Gasteiger partial charge in [0.15, 0.2) is 0 Å². The molecule has 0 spiro atoms. The molecule has 20 heavy (non-hydrogen) atoms. The molecule has 0 atom stereocenters. The van der Waals surface area contributed by atoms with Gasteiger partial charge in [-0.15, -0.1) is 0 Å². The van der Waals surface area contributed by atoms with Gasteiger partial charge < -0.3 is 15.7 Å². The third-order valence-corrected chi connectivity index (χ3v) is 2.25. The van der Waals surface area contributed by atoms with Crippen molar-refractivity contribution in [2.75, 3.05) is 10.6 Å². The molecule has 0 aliphatic carbocycles. The number of carboxylic acid groups (broad SMARTS) is 1. The number of carboxylic acids is 1. The maximum Gasteiger partial charge on any atom is 0.337 e. The Morgan fingerprint density at radius 1 is 1.10 bits per heavy atom. The maximum absolute atomic E-state index is 11.6. The smallest absolute Gasteiger partial charge is 0.337 e. The van der Waals surface area contributed by atoms with Crippen LogP contribution in [-0.4, -0.2) is 22.9 Å². The molecule has 0 saturated carbocycles. The van der Waals surface area contributed by atoms with Crippen molar-refractivity contribution in [3.63, 3.8) is 0 Å². The summed E-state index contributed by atoms with van der Waals surface area (Å²) >= 11 is 0. The van der Waals surface area contributed by atoms with Crippen LogP contribution in [0.3, 0.4) is 0 Å². The number of benzene rings is 1. The third-order valence-electron chi connectivity index (χ3n) is 2.25. The second kappa shape index (κ2) is 6.51. The van der Waals surface area contributed by atoms with Crippen molar-refractivity contribution >= 4 is 29.2 Å². The van der Waals surface area contributed by atoms with Crippen molar-refractivity contribution in [2.24, 2.45) is 0 Å². The molecule has 0 bridgehead atoms. The molecule has 0 radical (unpaired) electrons. The van der Waals surface area contributed by atoms with Crippen LogP contribution in [0.25, 0.3) is 0 Å². The number of carbonyl (C=O) groups excluding carboxylic acids is 2. The van der Waals surface area contributed by atoms with E-state index in [1.165, 1.54) is 31.2 Å². The van der Waals surface area contributed by atoms with Crippen LogP contribution < -0.4 is 10.6 Å². The number of rotatable bonds is 4. The van der Waals surface area contributed by atoms with Gasteiger partial charge in [-0.1, -0.05) is 5.57 Å². The van der Waals surface area contributed by atoms with Crippen molar-refractivity contribution in [3.05, 3.63) is 35.4 Å². The molecule has 3 N–H and O–H groups in total. The number of hydrogen-bond acceptors (Lipinski definition) is 3. The highest BCUT2D eigenvalue weighted by atomic mass is 16.4. The highest BCUT2D eigenvalue weighted by Crippen LogP contribution is 2.21. The average molecular weight is 276 g/mol. The van der Waals surface area contributed by atoms with E-state index < -0.39 is 11.9 Å². The molecular formula is C14H16N2O4. The summed E-state index contributed by atoms with van der Waals surface area (Å²) in [6, 6.07) is 4.25. The number of anilines is 2. The zero-order chi connectivity index (χ0) is 15.3. The molecule has 0 aliphatic heterocycles. The highest BCUT2D eigenvalue weighted by molar-refractivity contribution is 6.05. The SMILES string of the molecule is CC(=O)Nc1ccc(NC(=O)C=C(C)C)c(C(=O)O)c1. The van der Waals surface area contributed by atoms with E-state index in [1.807, 2.05) is 0 Å². The average Bonchev–Trinajstić information content (AvgIpc) is 2.28. The van der Waals surface area contributed by atoms with E-state index >= 15 is 0 Å². The van der Waals surface area contributed by atoms with Gasteiger partial charge >= 0.3 is 5.97 Å². The molecule has 0 heterocycles. The summed E-state index contributed by atoms with van der Waals surface area (Å²) in [5.41, 5.74) is 1.24. The van der Waals surface area contributed by atoms with Crippen LogP contribution in [0.4, 0.5) is 11.4 Å². The van der Waals surface area contributed by atoms with E-state index in [0.717, 1.165) is 5.57 Å². The Morgan fingerprint density at radius 3 is 2.25 bits per heavy atom. The maximum atomic E-state index is 11.6. The van der Waals surface area contributed by atoms with Crippen molar-refractivity contribution in [2.45, 2.75) is 20.8 Å². The van der Waals surface area contributed by atoms with Gasteiger partial charge in [0.1, 0.15) is 0 Å². The number of carbonyl (C=O) groups is 3. The molecule has 0 saturated heterocycles. The van der Waals surface area contributed by atoms with Gasteiger partial charge in [0.2, 0.25) is 11.8 Å². The van der Waals surface area contributed by atoms with E-state index in [1.54, 1.807) is 13.8 Å². The minimum Gasteiger partial charge on any atom is -0.478 e. The van der Waals surface area contributed by atoms with Crippen molar-refractivity contribution in [1.82, 2.24) is 0 Å². The predicted octanol–water partition coefficient (Wildman–Crippen LogP) is 2.25. The molecule has 1 rings (SSSR count). The summed E-state index contributed by atoms with van der Waals surface area (Å²) < 4.78 is 0. The van der Waals surface area contributed by atoms with Crippen LogP contribution in [0.2, 0.25) is 0 Å². The molecule has 6 heteroatoms. The van der Waals surface area contributed by atoms with Crippen molar-refractivity contribution in [3.8, 4) is 0 Å². The molecular weight excluding hydrogens is 260 g/mol. The molecule has 1 aromatic carbocycles. The Labute approximate surface area is 116 Å². The molecule has 1 aromatic rings. The summed E-state index contributed by atoms with van der Waals surface area (Å²) in [6.07, 6.45) is 1.37. The van der Waals surface area contributed by atoms with Crippen molar-refractivity contribution < 1.29 is 19.5 Å². The molecule has 0 aromatic heterocycles. The Hall–Kier alpha value is -2.63. The Balaban J connectivity index is 3.07. The van der Waals surface area contributed by atoms with Gasteiger partial charge in [-0.25, -0.2) is 4.79 Å². The molecule has 0 unspecified atom stereocenters. The van der Waals surface area contributed by atoms with Crippen LogP contribution in [0, 0.1) is 0 Å². The fourth-order valence-corrected chi connectivity index (χ4v) is 1.54. The first-order chi connectivity index (χ1) is 9.29. The second-order valence-corrected chi connectivity index (χ2v) is 4.46. The summed E-state index contributed by atoms with van der Waals surface area (Å²) in [6.45, 7) is 4.85. The molecule has 106 valence electrons. The largest absolute Gasteiger partial charge is 0.478 e. The lowest BCUT2D eigenvalue weighted by molar-refractivity contribution is -0.114. The summed E-state index contributed by atoms with van der Waals surface area (Å²) in [5, 5.41) is 14.1. The number of aromatic carboxylic acids is 1. The monoisotopic (exact) mass is 276 g/mol. The summed E-state index contributed by atoms with van der Waals surface area (Å²) in [5.74, 6) is -1.90. The standard InChI is InChI=1S/C14H16N2O4/c1-8(2)6-13(18)16-12-5-4-10(15-9(3)17)7-11(12)14(19)20/h4-7H,1-3H3,(H,15,17)(H,16,18)(H,19,20). The van der Waals surface area contributed by atoms with Gasteiger partial charge in [-0.05, 0) is 32.0 Å². The van der Waals surface area contributed by atoms with Crippen LogP contribution in [0.1, 0.15) is 31.1 Å². The zero-order valence-corrected chi connectivity index (χ0v) is 11.5. The van der Waals surface area contributed by atoms with Crippen LogP contribution >= 0.6 is 0 Å². The van der Waals surface area contributed by atoms with E-state index in [9.17, 15) is 14.4 Å². The quantitative estimate of drug-likeness (QED) is 0.735. The fourth-order valence-electron chi connectivity index (χ4n) is 1.54. The van der Waals surface area contributed by atoms with Crippen LogP contribution in [0.15, 0.2) is 29.8 Å². The number of nitrogens with one attached hydrogen (secondary N) is 2. The highest BCUT2D eigenvalue weighted by Gasteiger charge is 2.13. The first-order valence-electron chi connectivity index (χ1n) is 5.90. The van der Waals surface area contributed by atoms with Crippen molar-refractivity contribution in [1.29, 1.82) is 0 Å². The van der Waals surface area contributed by atoms with Gasteiger partial charge in [0.25, 0.3) is 0 Å². The fraction of sp³-hybridized carbons (Fsp3) is 0.214. The Morgan fingerprint density at radius 2 is 1.75 bits per heavy atom. The Bertz CT molecular complexity index is 587. The number of hydrogen-bond donors (Lipinski definition) is 3. The molecule has 2 amide bonds. The Kier molecular flexibility index (Phi) is 5.02. The van der Waals surface area contributed by atoms with E-state index in [0.29, 0.717) is 5.69 Å². The van der Waals surface area contributed by atoms with Gasteiger partial charge in [-0.3, -0.25) is 9.59 Å². The normalized spacial score (nSPS) is 9.55. The van der Waals surface area contributed by atoms with Gasteiger partial charge in [0.05, 0.1) is 11.3 Å². The molecule has 6 nitrogen and oxygen atoms in total. The van der Waals surface area contributed by atoms with Crippen LogP contribution in [0.5, 0.6) is 0 Å². The third kappa shape index (κ3) is 4.56. The summed E-state index contributed by atoms with van der Waals surface area (Å²) in [7, 11) is 0. The number of allylic oxidation sites excluding steroid dienone is 1. The minimum absolute atomic E-state index is 0.0910. The van der Waals surface area contributed by atoms with Crippen LogP contribution in [-0.2, 0) is 9.59 Å². The minimum atomic E-state index is -1.19. The number of amides is 2. The van der Waals surface area contributed by atoms with Gasteiger partial charge in [0, 0.05) is 18.7 Å². The first-order valence-corrected chi connectivity index (χ1v) is 5.90. The lowest BCUT2D eigenvalue weighted by Gasteiger charge is -2.09. The molecule has 0 fully saturated rings.